The number of hydrogen-bond acceptors (Lipinski definition) is 4. The zero-order valence-corrected chi connectivity index (χ0v) is 13.0. The molecule has 0 aliphatic rings. The molecular formula is C16H14O6S. The molecule has 0 fully saturated rings. The maximum Gasteiger partial charge on any atom is 0.335 e. The highest BCUT2D eigenvalue weighted by Gasteiger charge is 2.14. The van der Waals surface area contributed by atoms with Gasteiger partial charge >= 0.3 is 11.9 Å². The van der Waals surface area contributed by atoms with Crippen LogP contribution < -0.4 is 4.18 Å². The molecule has 1 unspecified atom stereocenters. The van der Waals surface area contributed by atoms with E-state index in [-0.39, 0.29) is 22.6 Å². The fourth-order valence-corrected chi connectivity index (χ4v) is 2.69. The topological polar surface area (TPSA) is 101 Å². The van der Waals surface area contributed by atoms with Gasteiger partial charge in [-0.2, -0.15) is 0 Å². The van der Waals surface area contributed by atoms with E-state index in [9.17, 15) is 13.8 Å². The van der Waals surface area contributed by atoms with Gasteiger partial charge in [-0.15, -0.1) is 0 Å². The fraction of sp³-hybridized carbons (Fsp3) is 0.125. The molecule has 0 radical (unpaired) electrons. The van der Waals surface area contributed by atoms with Gasteiger partial charge in [0.1, 0.15) is 5.75 Å². The van der Waals surface area contributed by atoms with E-state index >= 15 is 0 Å². The van der Waals surface area contributed by atoms with Gasteiger partial charge in [0.15, 0.2) is 0 Å². The van der Waals surface area contributed by atoms with Gasteiger partial charge in [-0.05, 0) is 30.7 Å². The third kappa shape index (κ3) is 4.65. The van der Waals surface area contributed by atoms with Gasteiger partial charge in [-0.3, -0.25) is 0 Å². The van der Waals surface area contributed by atoms with Crippen molar-refractivity contribution in [3.05, 3.63) is 64.7 Å². The van der Waals surface area contributed by atoms with Crippen LogP contribution in [-0.2, 0) is 16.8 Å². The molecule has 0 bridgehead atoms. The SMILES string of the molecule is Cc1ccc(CS(=O)Oc2cc(C(=O)O)cc(C(=O)O)c2)cc1. The molecular weight excluding hydrogens is 320 g/mol. The Morgan fingerprint density at radius 3 is 2.00 bits per heavy atom. The number of carbonyl (C=O) groups is 2. The number of carboxylic acid groups (broad SMARTS) is 2. The third-order valence-corrected chi connectivity index (χ3v) is 3.94. The second kappa shape index (κ2) is 7.06. The summed E-state index contributed by atoms with van der Waals surface area (Å²) in [6.45, 7) is 1.93. The van der Waals surface area contributed by atoms with Crippen molar-refractivity contribution < 1.29 is 28.2 Å². The Hall–Kier alpha value is -2.67. The second-order valence-corrected chi connectivity index (χ2v) is 5.94. The smallest absolute Gasteiger partial charge is 0.335 e. The summed E-state index contributed by atoms with van der Waals surface area (Å²) in [5.74, 6) is -2.53. The second-order valence-electron chi connectivity index (χ2n) is 4.87. The molecule has 0 heterocycles. The first kappa shape index (κ1) is 16.7. The summed E-state index contributed by atoms with van der Waals surface area (Å²) in [5, 5.41) is 18.0. The van der Waals surface area contributed by atoms with E-state index in [1.807, 2.05) is 31.2 Å². The number of aryl methyl sites for hydroxylation is 1. The highest BCUT2D eigenvalue weighted by atomic mass is 32.2. The summed E-state index contributed by atoms with van der Waals surface area (Å²) in [7, 11) is 0. The van der Waals surface area contributed by atoms with Crippen LogP contribution in [0.5, 0.6) is 5.75 Å². The third-order valence-electron chi connectivity index (χ3n) is 2.99. The van der Waals surface area contributed by atoms with Gasteiger partial charge in [-0.1, -0.05) is 29.8 Å². The molecule has 23 heavy (non-hydrogen) atoms. The standard InChI is InChI=1S/C16H14O6S/c1-10-2-4-11(5-3-10)9-23(21)22-14-7-12(15(17)18)6-13(8-14)16(19)20/h2-8H,9H2,1H3,(H,17,18)(H,19,20). The summed E-state index contributed by atoms with van der Waals surface area (Å²) < 4.78 is 17.2. The van der Waals surface area contributed by atoms with Crippen molar-refractivity contribution in [2.75, 3.05) is 0 Å². The van der Waals surface area contributed by atoms with Gasteiger partial charge in [-0.25, -0.2) is 13.8 Å². The molecule has 2 N–H and O–H groups in total. The predicted octanol–water partition coefficient (Wildman–Crippen LogP) is 2.63. The average molecular weight is 334 g/mol. The lowest BCUT2D eigenvalue weighted by molar-refractivity contribution is 0.0696. The molecule has 0 spiro atoms. The summed E-state index contributed by atoms with van der Waals surface area (Å²) in [6, 6.07) is 10.7. The van der Waals surface area contributed by atoms with Crippen LogP contribution in [0.4, 0.5) is 0 Å². The number of hydrogen-bond donors (Lipinski definition) is 2. The first-order valence-corrected chi connectivity index (χ1v) is 7.83. The molecule has 120 valence electrons. The van der Waals surface area contributed by atoms with Crippen LogP contribution in [0.1, 0.15) is 31.8 Å². The van der Waals surface area contributed by atoms with Crippen molar-refractivity contribution in [1.82, 2.24) is 0 Å². The largest absolute Gasteiger partial charge is 0.478 e. The van der Waals surface area contributed by atoms with Crippen molar-refractivity contribution in [1.29, 1.82) is 0 Å². The lowest BCUT2D eigenvalue weighted by Crippen LogP contribution is -2.07. The van der Waals surface area contributed by atoms with Crippen LogP contribution in [0.15, 0.2) is 42.5 Å². The average Bonchev–Trinajstić information content (AvgIpc) is 2.49. The first-order chi connectivity index (χ1) is 10.8. The molecule has 0 aliphatic carbocycles. The number of carboxylic acids is 2. The van der Waals surface area contributed by atoms with Crippen LogP contribution in [-0.4, -0.2) is 26.4 Å². The first-order valence-electron chi connectivity index (χ1n) is 6.59. The van der Waals surface area contributed by atoms with Crippen LogP contribution in [0, 0.1) is 6.92 Å². The maximum atomic E-state index is 12.0. The number of rotatable bonds is 6. The number of aromatic carboxylic acids is 2. The van der Waals surface area contributed by atoms with Crippen LogP contribution in [0.2, 0.25) is 0 Å². The van der Waals surface area contributed by atoms with E-state index < -0.39 is 23.0 Å². The van der Waals surface area contributed by atoms with E-state index in [0.29, 0.717) is 0 Å². The van der Waals surface area contributed by atoms with E-state index in [2.05, 4.69) is 0 Å². The maximum absolute atomic E-state index is 12.0. The molecule has 0 amide bonds. The molecule has 7 heteroatoms. The molecule has 1 atom stereocenters. The highest BCUT2D eigenvalue weighted by Crippen LogP contribution is 2.20. The Kier molecular flexibility index (Phi) is 5.13. The van der Waals surface area contributed by atoms with Gasteiger partial charge < -0.3 is 14.4 Å². The van der Waals surface area contributed by atoms with E-state index in [0.717, 1.165) is 29.3 Å². The molecule has 0 saturated heterocycles. The molecule has 6 nitrogen and oxygen atoms in total. The molecule has 0 aromatic heterocycles. The Bertz CT molecular complexity index is 734. The zero-order chi connectivity index (χ0) is 17.0. The minimum atomic E-state index is -1.76. The summed E-state index contributed by atoms with van der Waals surface area (Å²) in [5.41, 5.74) is 1.38. The fourth-order valence-electron chi connectivity index (χ4n) is 1.85. The van der Waals surface area contributed by atoms with Crippen molar-refractivity contribution >= 4 is 23.0 Å². The Labute approximate surface area is 135 Å². The predicted molar refractivity (Wildman–Crippen MR) is 84.0 cm³/mol. The monoisotopic (exact) mass is 334 g/mol. The summed E-state index contributed by atoms with van der Waals surface area (Å²) in [4.78, 5) is 22.0. The summed E-state index contributed by atoms with van der Waals surface area (Å²) in [6.07, 6.45) is 0. The van der Waals surface area contributed by atoms with Crippen LogP contribution >= 0.6 is 0 Å². The van der Waals surface area contributed by atoms with Crippen LogP contribution in [0.3, 0.4) is 0 Å². The number of benzene rings is 2. The van der Waals surface area contributed by atoms with Gasteiger partial charge in [0, 0.05) is 0 Å². The molecule has 2 aromatic rings. The minimum absolute atomic E-state index is 0.0623. The lowest BCUT2D eigenvalue weighted by Gasteiger charge is -2.07. The van der Waals surface area contributed by atoms with Crippen molar-refractivity contribution in [2.45, 2.75) is 12.7 Å². The summed E-state index contributed by atoms with van der Waals surface area (Å²) >= 11 is -1.76. The van der Waals surface area contributed by atoms with Gasteiger partial charge in [0.25, 0.3) is 0 Å². The molecule has 0 aliphatic heterocycles. The highest BCUT2D eigenvalue weighted by molar-refractivity contribution is 7.79. The Morgan fingerprint density at radius 1 is 1.00 bits per heavy atom. The zero-order valence-electron chi connectivity index (χ0n) is 12.2. The van der Waals surface area contributed by atoms with Crippen molar-refractivity contribution in [3.63, 3.8) is 0 Å². The van der Waals surface area contributed by atoms with Crippen molar-refractivity contribution in [2.24, 2.45) is 0 Å². The Morgan fingerprint density at radius 2 is 1.52 bits per heavy atom. The molecule has 2 aromatic carbocycles. The van der Waals surface area contributed by atoms with E-state index in [4.69, 9.17) is 14.4 Å². The van der Waals surface area contributed by atoms with E-state index in [1.165, 1.54) is 0 Å². The molecule has 2 rings (SSSR count). The quantitative estimate of drug-likeness (QED) is 0.842. The van der Waals surface area contributed by atoms with Crippen LogP contribution in [0.25, 0.3) is 0 Å². The van der Waals surface area contributed by atoms with Crippen molar-refractivity contribution in [3.8, 4) is 5.75 Å². The van der Waals surface area contributed by atoms with E-state index in [1.54, 1.807) is 0 Å². The van der Waals surface area contributed by atoms with Gasteiger partial charge in [0.2, 0.25) is 11.1 Å². The van der Waals surface area contributed by atoms with Gasteiger partial charge in [0.05, 0.1) is 16.9 Å². The lowest BCUT2D eigenvalue weighted by atomic mass is 10.1. The minimum Gasteiger partial charge on any atom is -0.478 e. The normalized spacial score (nSPS) is 11.7. The Balaban J connectivity index is 2.18. The molecule has 0 saturated carbocycles.